The molecule has 4 nitrogen and oxygen atoms in total. The second kappa shape index (κ2) is 6.96. The van der Waals surface area contributed by atoms with Gasteiger partial charge in [-0.25, -0.2) is 0 Å². The summed E-state index contributed by atoms with van der Waals surface area (Å²) in [6.07, 6.45) is 0. The molecule has 3 N–H and O–H groups in total. The molecule has 5 heteroatoms. The van der Waals surface area contributed by atoms with E-state index in [1.54, 1.807) is 4.90 Å². The number of rotatable bonds is 6. The molecule has 0 saturated heterocycles. The predicted octanol–water partition coefficient (Wildman–Crippen LogP) is 1.60. The zero-order valence-corrected chi connectivity index (χ0v) is 11.6. The second-order valence-corrected chi connectivity index (χ2v) is 4.30. The Morgan fingerprint density at radius 1 is 1.28 bits per heavy atom. The lowest BCUT2D eigenvalue weighted by Gasteiger charge is -2.19. The van der Waals surface area contributed by atoms with Crippen LogP contribution in [0.4, 0.5) is 5.69 Å². The molecule has 0 aromatic heterocycles. The minimum atomic E-state index is 0.0958. The van der Waals surface area contributed by atoms with E-state index in [1.165, 1.54) is 0 Å². The van der Waals surface area contributed by atoms with Crippen molar-refractivity contribution in [3.8, 4) is 0 Å². The van der Waals surface area contributed by atoms with Gasteiger partial charge in [-0.3, -0.25) is 4.79 Å². The van der Waals surface area contributed by atoms with Crippen LogP contribution in [0, 0.1) is 0 Å². The Morgan fingerprint density at radius 3 is 2.28 bits per heavy atom. The monoisotopic (exact) mass is 265 g/mol. The number of benzene rings is 1. The van der Waals surface area contributed by atoms with Gasteiger partial charge in [-0.05, 0) is 38.1 Å². The van der Waals surface area contributed by atoms with Gasteiger partial charge in [0.25, 0.3) is 0 Å². The van der Waals surface area contributed by atoms with Crippen LogP contribution in [0.25, 0.3) is 0 Å². The summed E-state index contributed by atoms with van der Waals surface area (Å²) in [6, 6.07) is 7.41. The quantitative estimate of drug-likeness (QED) is 0.767. The highest BCUT2D eigenvalue weighted by Crippen LogP contribution is 2.09. The fourth-order valence-corrected chi connectivity index (χ4v) is 1.75. The molecule has 0 aliphatic carbocycles. The van der Waals surface area contributed by atoms with Crippen LogP contribution in [0.3, 0.4) is 0 Å². The van der Waals surface area contributed by atoms with Crippen molar-refractivity contribution in [3.05, 3.63) is 29.8 Å². The maximum absolute atomic E-state index is 11.8. The smallest absolute Gasteiger partial charge is 0.241 e. The second-order valence-electron chi connectivity index (χ2n) is 3.86. The number of thiocarbonyl (C=S) groups is 1. The van der Waals surface area contributed by atoms with Crippen LogP contribution in [-0.4, -0.2) is 35.4 Å². The van der Waals surface area contributed by atoms with E-state index in [0.29, 0.717) is 11.5 Å². The van der Waals surface area contributed by atoms with Gasteiger partial charge < -0.3 is 16.0 Å². The first-order valence-corrected chi connectivity index (χ1v) is 6.40. The first-order valence-electron chi connectivity index (χ1n) is 6.00. The van der Waals surface area contributed by atoms with E-state index in [-0.39, 0.29) is 5.91 Å². The summed E-state index contributed by atoms with van der Waals surface area (Å²) in [4.78, 5) is 13.9. The van der Waals surface area contributed by atoms with E-state index >= 15 is 0 Å². The summed E-state index contributed by atoms with van der Waals surface area (Å²) < 4.78 is 0. The van der Waals surface area contributed by atoms with Crippen molar-refractivity contribution >= 4 is 28.8 Å². The van der Waals surface area contributed by atoms with Crippen LogP contribution in [0.1, 0.15) is 19.4 Å². The molecule has 0 bridgehead atoms. The molecular formula is C13H19N3OS. The summed E-state index contributed by atoms with van der Waals surface area (Å²) in [6.45, 7) is 5.71. The van der Waals surface area contributed by atoms with Crippen LogP contribution in [0.15, 0.2) is 24.3 Å². The zero-order valence-electron chi connectivity index (χ0n) is 10.8. The molecule has 1 rings (SSSR count). The number of likely N-dealkylation sites (N-methyl/N-ethyl adjacent to an activating group) is 1. The van der Waals surface area contributed by atoms with Gasteiger partial charge in [0.2, 0.25) is 5.91 Å². The Hall–Kier alpha value is -1.62. The van der Waals surface area contributed by atoms with Gasteiger partial charge in [-0.15, -0.1) is 0 Å². The highest BCUT2D eigenvalue weighted by molar-refractivity contribution is 7.80. The fourth-order valence-electron chi connectivity index (χ4n) is 1.62. The first kappa shape index (κ1) is 14.4. The molecule has 0 saturated carbocycles. The van der Waals surface area contributed by atoms with E-state index in [1.807, 2.05) is 38.1 Å². The SMILES string of the molecule is CCN(CC)C(=O)CNc1ccc(C(N)=S)cc1. The van der Waals surface area contributed by atoms with Crippen LogP contribution in [-0.2, 0) is 4.79 Å². The third kappa shape index (κ3) is 4.00. The van der Waals surface area contributed by atoms with E-state index in [9.17, 15) is 4.79 Å². The minimum absolute atomic E-state index is 0.0958. The molecule has 0 heterocycles. The van der Waals surface area contributed by atoms with Gasteiger partial charge in [-0.2, -0.15) is 0 Å². The molecule has 0 spiro atoms. The Labute approximate surface area is 113 Å². The molecule has 0 fully saturated rings. The maximum Gasteiger partial charge on any atom is 0.241 e. The molecule has 0 radical (unpaired) electrons. The molecule has 0 aliphatic rings. The highest BCUT2D eigenvalue weighted by Gasteiger charge is 2.08. The van der Waals surface area contributed by atoms with Crippen molar-refractivity contribution in [3.63, 3.8) is 0 Å². The van der Waals surface area contributed by atoms with Gasteiger partial charge in [0, 0.05) is 24.3 Å². The molecule has 18 heavy (non-hydrogen) atoms. The van der Waals surface area contributed by atoms with Crippen molar-refractivity contribution in [2.45, 2.75) is 13.8 Å². The van der Waals surface area contributed by atoms with Crippen molar-refractivity contribution in [1.82, 2.24) is 4.90 Å². The Bertz CT molecular complexity index is 413. The third-order valence-electron chi connectivity index (χ3n) is 2.73. The van der Waals surface area contributed by atoms with Crippen molar-refractivity contribution in [1.29, 1.82) is 0 Å². The molecule has 0 atom stereocenters. The van der Waals surface area contributed by atoms with Gasteiger partial charge in [0.05, 0.1) is 6.54 Å². The molecule has 1 aromatic rings. The first-order chi connectivity index (χ1) is 8.58. The lowest BCUT2D eigenvalue weighted by molar-refractivity contribution is -0.128. The Morgan fingerprint density at radius 2 is 1.83 bits per heavy atom. The fraction of sp³-hybridized carbons (Fsp3) is 0.385. The topological polar surface area (TPSA) is 58.4 Å². The average molecular weight is 265 g/mol. The van der Waals surface area contributed by atoms with Crippen LogP contribution < -0.4 is 11.1 Å². The normalized spacial score (nSPS) is 9.89. The van der Waals surface area contributed by atoms with Crippen LogP contribution >= 0.6 is 12.2 Å². The molecule has 0 aliphatic heterocycles. The number of anilines is 1. The summed E-state index contributed by atoms with van der Waals surface area (Å²) in [5, 5.41) is 3.08. The number of amides is 1. The number of nitrogens with zero attached hydrogens (tertiary/aromatic N) is 1. The number of hydrogen-bond donors (Lipinski definition) is 2. The average Bonchev–Trinajstić information content (AvgIpc) is 2.38. The highest BCUT2D eigenvalue weighted by atomic mass is 32.1. The van der Waals surface area contributed by atoms with Gasteiger partial charge in [-0.1, -0.05) is 12.2 Å². The number of carbonyl (C=O) groups excluding carboxylic acids is 1. The zero-order chi connectivity index (χ0) is 13.5. The number of nitrogens with two attached hydrogens (primary N) is 1. The molecule has 1 aromatic carbocycles. The van der Waals surface area contributed by atoms with Crippen LogP contribution in [0.5, 0.6) is 0 Å². The Kier molecular flexibility index (Phi) is 5.58. The van der Waals surface area contributed by atoms with Crippen LogP contribution in [0.2, 0.25) is 0 Å². The predicted molar refractivity (Wildman–Crippen MR) is 78.7 cm³/mol. The van der Waals surface area contributed by atoms with Gasteiger partial charge in [0.1, 0.15) is 4.99 Å². The van der Waals surface area contributed by atoms with Gasteiger partial charge >= 0.3 is 0 Å². The molecule has 1 amide bonds. The van der Waals surface area contributed by atoms with E-state index < -0.39 is 0 Å². The van der Waals surface area contributed by atoms with E-state index in [0.717, 1.165) is 24.3 Å². The molecule has 98 valence electrons. The van der Waals surface area contributed by atoms with E-state index in [4.69, 9.17) is 18.0 Å². The van der Waals surface area contributed by atoms with E-state index in [2.05, 4.69) is 5.32 Å². The number of nitrogens with one attached hydrogen (secondary N) is 1. The summed E-state index contributed by atoms with van der Waals surface area (Å²) in [5.41, 5.74) is 7.22. The van der Waals surface area contributed by atoms with Gasteiger partial charge in [0.15, 0.2) is 0 Å². The summed E-state index contributed by atoms with van der Waals surface area (Å²) in [5.74, 6) is 0.0958. The summed E-state index contributed by atoms with van der Waals surface area (Å²) >= 11 is 4.87. The van der Waals surface area contributed by atoms with Crippen molar-refractivity contribution in [2.75, 3.05) is 25.0 Å². The molecule has 0 unspecified atom stereocenters. The van der Waals surface area contributed by atoms with Crippen molar-refractivity contribution < 1.29 is 4.79 Å². The third-order valence-corrected chi connectivity index (χ3v) is 2.97. The number of hydrogen-bond acceptors (Lipinski definition) is 3. The Balaban J connectivity index is 2.53. The largest absolute Gasteiger partial charge is 0.389 e. The maximum atomic E-state index is 11.8. The molecular weight excluding hydrogens is 246 g/mol. The number of carbonyl (C=O) groups is 1. The lowest BCUT2D eigenvalue weighted by Crippen LogP contribution is -2.35. The van der Waals surface area contributed by atoms with Crippen molar-refractivity contribution in [2.24, 2.45) is 5.73 Å². The minimum Gasteiger partial charge on any atom is -0.389 e. The summed E-state index contributed by atoms with van der Waals surface area (Å²) in [7, 11) is 0. The standard InChI is InChI=1S/C13H19N3OS/c1-3-16(4-2)12(17)9-15-11-7-5-10(6-8-11)13(14)18/h5-8,15H,3-4,9H2,1-2H3,(H2,14,18). The lowest BCUT2D eigenvalue weighted by atomic mass is 10.2.